The topological polar surface area (TPSA) is 67.2 Å². The Labute approximate surface area is 192 Å². The van der Waals surface area contributed by atoms with E-state index in [1.165, 1.54) is 4.88 Å². The van der Waals surface area contributed by atoms with E-state index in [0.29, 0.717) is 25.2 Å². The minimum Gasteiger partial charge on any atom is -0.353 e. The molecule has 0 unspecified atom stereocenters. The van der Waals surface area contributed by atoms with Gasteiger partial charge in [-0.2, -0.15) is 5.10 Å². The molecule has 31 heavy (non-hydrogen) atoms. The third-order valence-corrected chi connectivity index (χ3v) is 6.79. The predicted molar refractivity (Wildman–Crippen MR) is 126 cm³/mol. The highest BCUT2D eigenvalue weighted by atomic mass is 79.9. The number of pyridine rings is 2. The van der Waals surface area contributed by atoms with Crippen LogP contribution < -0.4 is 4.90 Å². The number of anilines is 1. The first-order valence-corrected chi connectivity index (χ1v) is 11.8. The van der Waals surface area contributed by atoms with Crippen LogP contribution >= 0.6 is 27.3 Å². The molecule has 4 aromatic heterocycles. The summed E-state index contributed by atoms with van der Waals surface area (Å²) in [6.45, 7) is 5.40. The van der Waals surface area contributed by atoms with Crippen LogP contribution in [0.15, 0.2) is 52.6 Å². The maximum absolute atomic E-state index is 13.4. The number of aromatic nitrogens is 4. The van der Waals surface area contributed by atoms with E-state index in [1.54, 1.807) is 23.7 Å². The summed E-state index contributed by atoms with van der Waals surface area (Å²) < 4.78 is 2.84. The van der Waals surface area contributed by atoms with Crippen molar-refractivity contribution in [3.8, 4) is 0 Å². The Morgan fingerprint density at radius 2 is 2.00 bits per heavy atom. The number of nitrogens with zero attached hydrogens (tertiary/aromatic N) is 6. The number of aryl methyl sites for hydroxylation is 1. The van der Waals surface area contributed by atoms with Crippen molar-refractivity contribution in [3.05, 3.63) is 68.7 Å². The van der Waals surface area contributed by atoms with Crippen molar-refractivity contribution >= 4 is 50.0 Å². The van der Waals surface area contributed by atoms with Crippen molar-refractivity contribution in [1.29, 1.82) is 0 Å². The number of carbonyl (C=O) groups is 1. The van der Waals surface area contributed by atoms with Crippen molar-refractivity contribution in [3.63, 3.8) is 0 Å². The van der Waals surface area contributed by atoms with E-state index in [2.05, 4.69) is 47.3 Å². The molecule has 0 radical (unpaired) electrons. The third kappa shape index (κ3) is 4.07. The van der Waals surface area contributed by atoms with Gasteiger partial charge in [0.05, 0.1) is 23.7 Å². The standard InChI is InChI=1S/C22H21BrN6OS/c1-15-11-18(19-13-25-29(21(19)26-15)14-17-3-2-10-31-17)22(30)28-8-6-27(7-9-28)20-5-4-16(23)12-24-20/h2-5,10-13H,6-9,14H2,1H3. The summed E-state index contributed by atoms with van der Waals surface area (Å²) in [7, 11) is 0. The first-order valence-electron chi connectivity index (χ1n) is 10.1. The molecule has 0 aromatic carbocycles. The SMILES string of the molecule is Cc1cc(C(=O)N2CCN(c3ccc(Br)cn3)CC2)c2cnn(Cc3cccs3)c2n1. The Bertz CT molecular complexity index is 1210. The van der Waals surface area contributed by atoms with Crippen LogP contribution in [-0.2, 0) is 6.54 Å². The van der Waals surface area contributed by atoms with Gasteiger partial charge < -0.3 is 9.80 Å². The number of halogens is 1. The van der Waals surface area contributed by atoms with E-state index < -0.39 is 0 Å². The van der Waals surface area contributed by atoms with Crippen LogP contribution in [-0.4, -0.2) is 56.7 Å². The molecule has 5 heterocycles. The molecule has 4 aromatic rings. The summed E-state index contributed by atoms with van der Waals surface area (Å²) in [6.07, 6.45) is 3.57. The lowest BCUT2D eigenvalue weighted by atomic mass is 10.1. The summed E-state index contributed by atoms with van der Waals surface area (Å²) in [6, 6.07) is 9.98. The number of hydrogen-bond acceptors (Lipinski definition) is 6. The van der Waals surface area contributed by atoms with Gasteiger partial charge in [-0.25, -0.2) is 14.6 Å². The summed E-state index contributed by atoms with van der Waals surface area (Å²) >= 11 is 5.11. The molecule has 0 spiro atoms. The Morgan fingerprint density at radius 1 is 1.16 bits per heavy atom. The average molecular weight is 497 g/mol. The minimum atomic E-state index is 0.0367. The lowest BCUT2D eigenvalue weighted by Gasteiger charge is -2.35. The second-order valence-corrected chi connectivity index (χ2v) is 9.49. The summed E-state index contributed by atoms with van der Waals surface area (Å²) in [5.41, 5.74) is 2.26. The average Bonchev–Trinajstić information content (AvgIpc) is 3.44. The number of fused-ring (bicyclic) bond motifs is 1. The molecule has 9 heteroatoms. The molecule has 1 amide bonds. The highest BCUT2D eigenvalue weighted by Gasteiger charge is 2.25. The molecule has 1 aliphatic rings. The lowest BCUT2D eigenvalue weighted by Crippen LogP contribution is -2.49. The zero-order chi connectivity index (χ0) is 21.4. The third-order valence-electron chi connectivity index (χ3n) is 5.46. The first kappa shape index (κ1) is 20.1. The highest BCUT2D eigenvalue weighted by molar-refractivity contribution is 9.10. The number of rotatable bonds is 4. The molecule has 7 nitrogen and oxygen atoms in total. The van der Waals surface area contributed by atoms with Crippen LogP contribution in [0.3, 0.4) is 0 Å². The number of piperazine rings is 1. The zero-order valence-corrected chi connectivity index (χ0v) is 19.4. The molecule has 0 N–H and O–H groups in total. The molecule has 0 bridgehead atoms. The number of carbonyl (C=O) groups excluding carboxylic acids is 1. The number of thiophene rings is 1. The maximum atomic E-state index is 13.4. The van der Waals surface area contributed by atoms with Gasteiger partial charge in [-0.1, -0.05) is 6.07 Å². The molecule has 0 saturated carbocycles. The lowest BCUT2D eigenvalue weighted by molar-refractivity contribution is 0.0748. The van der Waals surface area contributed by atoms with Crippen molar-refractivity contribution in [2.24, 2.45) is 0 Å². The van der Waals surface area contributed by atoms with Crippen molar-refractivity contribution in [2.45, 2.75) is 13.5 Å². The fraction of sp³-hybridized carbons (Fsp3) is 0.273. The zero-order valence-electron chi connectivity index (χ0n) is 17.0. The molecular formula is C22H21BrN6OS. The van der Waals surface area contributed by atoms with Gasteiger partial charge in [0.2, 0.25) is 0 Å². The molecule has 1 fully saturated rings. The van der Waals surface area contributed by atoms with Crippen molar-refractivity contribution in [1.82, 2.24) is 24.6 Å². The minimum absolute atomic E-state index is 0.0367. The summed E-state index contributed by atoms with van der Waals surface area (Å²) in [5.74, 6) is 0.974. The van der Waals surface area contributed by atoms with Gasteiger partial charge >= 0.3 is 0 Å². The maximum Gasteiger partial charge on any atom is 0.254 e. The summed E-state index contributed by atoms with van der Waals surface area (Å²) in [4.78, 5) is 27.9. The van der Waals surface area contributed by atoms with Crippen LogP contribution in [0.1, 0.15) is 20.9 Å². The van der Waals surface area contributed by atoms with E-state index in [0.717, 1.165) is 40.1 Å². The van der Waals surface area contributed by atoms with Gasteiger partial charge in [0.15, 0.2) is 5.65 Å². The monoisotopic (exact) mass is 496 g/mol. The second-order valence-electron chi connectivity index (χ2n) is 7.54. The Morgan fingerprint density at radius 3 is 2.71 bits per heavy atom. The van der Waals surface area contributed by atoms with Crippen molar-refractivity contribution < 1.29 is 4.79 Å². The molecule has 5 rings (SSSR count). The molecule has 1 saturated heterocycles. The van der Waals surface area contributed by atoms with E-state index >= 15 is 0 Å². The normalized spacial score (nSPS) is 14.4. The van der Waals surface area contributed by atoms with E-state index in [4.69, 9.17) is 0 Å². The Balaban J connectivity index is 1.36. The number of amides is 1. The fourth-order valence-electron chi connectivity index (χ4n) is 3.88. The predicted octanol–water partition coefficient (Wildman–Crippen LogP) is 3.97. The van der Waals surface area contributed by atoms with Crippen LogP contribution in [0, 0.1) is 6.92 Å². The second kappa shape index (κ2) is 8.39. The van der Waals surface area contributed by atoms with Gasteiger partial charge in [0.25, 0.3) is 5.91 Å². The smallest absolute Gasteiger partial charge is 0.254 e. The first-order chi connectivity index (χ1) is 15.1. The van der Waals surface area contributed by atoms with E-state index in [-0.39, 0.29) is 5.91 Å². The van der Waals surface area contributed by atoms with Crippen molar-refractivity contribution in [2.75, 3.05) is 31.1 Å². The van der Waals surface area contributed by atoms with E-state index in [1.807, 2.05) is 40.8 Å². The van der Waals surface area contributed by atoms with Gasteiger partial charge in [-0.3, -0.25) is 4.79 Å². The van der Waals surface area contributed by atoms with Gasteiger partial charge in [-0.15, -0.1) is 11.3 Å². The van der Waals surface area contributed by atoms with Gasteiger partial charge in [-0.05, 0) is 52.5 Å². The molecule has 0 aliphatic carbocycles. The molecular weight excluding hydrogens is 476 g/mol. The quantitative estimate of drug-likeness (QED) is 0.427. The van der Waals surface area contributed by atoms with Gasteiger partial charge in [0.1, 0.15) is 5.82 Å². The summed E-state index contributed by atoms with van der Waals surface area (Å²) in [5, 5.41) is 7.39. The Kier molecular flexibility index (Phi) is 5.45. The molecule has 0 atom stereocenters. The van der Waals surface area contributed by atoms with Crippen LogP contribution in [0.4, 0.5) is 5.82 Å². The van der Waals surface area contributed by atoms with Crippen LogP contribution in [0.5, 0.6) is 0 Å². The largest absolute Gasteiger partial charge is 0.353 e. The van der Waals surface area contributed by atoms with E-state index in [9.17, 15) is 4.79 Å². The van der Waals surface area contributed by atoms with Gasteiger partial charge in [0, 0.05) is 47.4 Å². The molecule has 1 aliphatic heterocycles. The fourth-order valence-corrected chi connectivity index (χ4v) is 4.80. The molecule has 158 valence electrons. The van der Waals surface area contributed by atoms with Crippen LogP contribution in [0.2, 0.25) is 0 Å². The Hall–Kier alpha value is -2.78. The van der Waals surface area contributed by atoms with Crippen LogP contribution in [0.25, 0.3) is 11.0 Å². The highest BCUT2D eigenvalue weighted by Crippen LogP contribution is 2.23. The number of hydrogen-bond donors (Lipinski definition) is 0.